The van der Waals surface area contributed by atoms with Gasteiger partial charge in [-0.3, -0.25) is 0 Å². The van der Waals surface area contributed by atoms with Crippen LogP contribution >= 0.6 is 0 Å². The Morgan fingerprint density at radius 2 is 2.38 bits per heavy atom. The van der Waals surface area contributed by atoms with Crippen molar-refractivity contribution < 1.29 is 0 Å². The van der Waals surface area contributed by atoms with Crippen LogP contribution in [0.25, 0.3) is 0 Å². The molecule has 0 bridgehead atoms. The molecule has 0 saturated heterocycles. The summed E-state index contributed by atoms with van der Waals surface area (Å²) in [6.07, 6.45) is 10.3. The van der Waals surface area contributed by atoms with E-state index in [2.05, 4.69) is 5.92 Å². The first-order valence-corrected chi connectivity index (χ1v) is 2.36. The van der Waals surface area contributed by atoms with Gasteiger partial charge in [-0.2, -0.15) is 0 Å². The molecule has 2 N–H and O–H groups in total. The van der Waals surface area contributed by atoms with Crippen molar-refractivity contribution in [2.75, 3.05) is 0 Å². The summed E-state index contributed by atoms with van der Waals surface area (Å²) < 4.78 is 0. The van der Waals surface area contributed by atoms with Crippen LogP contribution in [0.3, 0.4) is 0 Å². The van der Waals surface area contributed by atoms with E-state index in [9.17, 15) is 0 Å². The van der Waals surface area contributed by atoms with E-state index in [1.54, 1.807) is 12.2 Å². The predicted octanol–water partition coefficient (Wildman–Crippen LogP) is 1.04. The van der Waals surface area contributed by atoms with Crippen molar-refractivity contribution in [3.63, 3.8) is 0 Å². The van der Waals surface area contributed by atoms with Crippen LogP contribution in [0.1, 0.15) is 6.92 Å². The third-order valence-corrected chi connectivity index (χ3v) is 0.635. The minimum Gasteiger partial charge on any atom is -0.392 e. The molecule has 0 radical (unpaired) electrons. The molecular formula is C7H9N. The fraction of sp³-hybridized carbons (Fsp3) is 0.143. The van der Waals surface area contributed by atoms with Crippen molar-refractivity contribution in [1.29, 1.82) is 0 Å². The average molecular weight is 107 g/mol. The molecule has 0 aliphatic heterocycles. The second kappa shape index (κ2) is 4.01. The van der Waals surface area contributed by atoms with Gasteiger partial charge in [-0.1, -0.05) is 18.1 Å². The molecule has 1 heteroatoms. The zero-order chi connectivity index (χ0) is 6.41. The van der Waals surface area contributed by atoms with Gasteiger partial charge in [0.2, 0.25) is 0 Å². The van der Waals surface area contributed by atoms with Crippen molar-refractivity contribution >= 4 is 0 Å². The van der Waals surface area contributed by atoms with Crippen LogP contribution in [0, 0.1) is 12.3 Å². The molecule has 42 valence electrons. The van der Waals surface area contributed by atoms with Crippen LogP contribution in [-0.4, -0.2) is 0 Å². The van der Waals surface area contributed by atoms with Gasteiger partial charge in [-0.15, -0.1) is 6.42 Å². The van der Waals surface area contributed by atoms with Crippen molar-refractivity contribution in [2.45, 2.75) is 6.92 Å². The first-order valence-electron chi connectivity index (χ1n) is 2.36. The summed E-state index contributed by atoms with van der Waals surface area (Å²) in [6, 6.07) is 0. The summed E-state index contributed by atoms with van der Waals surface area (Å²) in [5.74, 6) is 2.29. The summed E-state index contributed by atoms with van der Waals surface area (Å²) >= 11 is 0. The molecule has 0 amide bonds. The third kappa shape index (κ3) is 3.05. The van der Waals surface area contributed by atoms with E-state index < -0.39 is 0 Å². The van der Waals surface area contributed by atoms with Crippen LogP contribution in [0.4, 0.5) is 0 Å². The second-order valence-electron chi connectivity index (χ2n) is 1.29. The maximum Gasteiger partial charge on any atom is 0.0824 e. The van der Waals surface area contributed by atoms with Crippen molar-refractivity contribution in [3.8, 4) is 12.3 Å². The lowest BCUT2D eigenvalue weighted by atomic mass is 10.4. The Balaban J connectivity index is 3.81. The number of nitrogens with two attached hydrogens (primary N) is 1. The molecule has 8 heavy (non-hydrogen) atoms. The molecule has 0 atom stereocenters. The molecule has 0 spiro atoms. The monoisotopic (exact) mass is 107 g/mol. The van der Waals surface area contributed by atoms with Crippen LogP contribution < -0.4 is 5.73 Å². The Bertz CT molecular complexity index is 146. The van der Waals surface area contributed by atoms with Gasteiger partial charge in [-0.05, 0) is 13.0 Å². The molecule has 0 unspecified atom stereocenters. The zero-order valence-corrected chi connectivity index (χ0v) is 4.89. The number of terminal acetylenes is 1. The van der Waals surface area contributed by atoms with Gasteiger partial charge in [-0.25, -0.2) is 0 Å². The highest BCUT2D eigenvalue weighted by Crippen LogP contribution is 1.79. The van der Waals surface area contributed by atoms with Gasteiger partial charge >= 0.3 is 0 Å². The summed E-state index contributed by atoms with van der Waals surface area (Å²) in [4.78, 5) is 0. The summed E-state index contributed by atoms with van der Waals surface area (Å²) in [6.45, 7) is 1.90. The Morgan fingerprint density at radius 3 is 2.75 bits per heavy atom. The lowest BCUT2D eigenvalue weighted by molar-refractivity contribution is 1.47. The van der Waals surface area contributed by atoms with Gasteiger partial charge in [0.05, 0.1) is 5.70 Å². The summed E-state index contributed by atoms with van der Waals surface area (Å²) in [5.41, 5.74) is 5.69. The number of hydrogen-bond donors (Lipinski definition) is 1. The second-order valence-corrected chi connectivity index (χ2v) is 1.29. The average Bonchev–Trinajstić information content (AvgIpc) is 1.83. The van der Waals surface area contributed by atoms with Crippen molar-refractivity contribution in [2.24, 2.45) is 5.73 Å². The summed E-state index contributed by atoms with van der Waals surface area (Å²) in [7, 11) is 0. The molecule has 0 aromatic carbocycles. The van der Waals surface area contributed by atoms with E-state index >= 15 is 0 Å². The van der Waals surface area contributed by atoms with E-state index in [4.69, 9.17) is 12.2 Å². The Labute approximate surface area is 49.9 Å². The van der Waals surface area contributed by atoms with E-state index in [0.29, 0.717) is 5.70 Å². The smallest absolute Gasteiger partial charge is 0.0824 e. The lowest BCUT2D eigenvalue weighted by Crippen LogP contribution is -1.90. The number of allylic oxidation sites excluding steroid dienone is 4. The minimum absolute atomic E-state index is 0.461. The van der Waals surface area contributed by atoms with Crippen molar-refractivity contribution in [3.05, 3.63) is 23.9 Å². The van der Waals surface area contributed by atoms with Crippen LogP contribution in [0.2, 0.25) is 0 Å². The molecule has 1 nitrogen and oxygen atoms in total. The quantitative estimate of drug-likeness (QED) is 0.393. The Hall–Kier alpha value is -1.16. The highest BCUT2D eigenvalue weighted by molar-refractivity contribution is 5.25. The van der Waals surface area contributed by atoms with Crippen molar-refractivity contribution in [1.82, 2.24) is 0 Å². The first-order chi connectivity index (χ1) is 3.81. The maximum atomic E-state index is 5.23. The molecule has 0 rings (SSSR count). The van der Waals surface area contributed by atoms with Gasteiger partial charge in [0.1, 0.15) is 0 Å². The van der Waals surface area contributed by atoms with E-state index in [-0.39, 0.29) is 0 Å². The Morgan fingerprint density at radius 1 is 1.75 bits per heavy atom. The van der Waals surface area contributed by atoms with Crippen LogP contribution in [-0.2, 0) is 0 Å². The van der Waals surface area contributed by atoms with Gasteiger partial charge in [0, 0.05) is 0 Å². The number of hydrogen-bond acceptors (Lipinski definition) is 1. The molecule has 0 aromatic rings. The fourth-order valence-electron chi connectivity index (χ4n) is 0.248. The maximum absolute atomic E-state index is 5.23. The largest absolute Gasteiger partial charge is 0.392 e. The standard InChI is InChI=1S/C7H9N/c1-3-5-6-7(8)4-2/h2-3,5-6H,8H2,1H3/b5-3-,7-6-. The van der Waals surface area contributed by atoms with Gasteiger partial charge in [0.25, 0.3) is 0 Å². The van der Waals surface area contributed by atoms with Gasteiger partial charge < -0.3 is 5.73 Å². The molecule has 0 aliphatic rings. The predicted molar refractivity (Wildman–Crippen MR) is 35.9 cm³/mol. The highest BCUT2D eigenvalue weighted by atomic mass is 14.5. The van der Waals surface area contributed by atoms with E-state index in [1.165, 1.54) is 0 Å². The van der Waals surface area contributed by atoms with E-state index in [1.807, 2.05) is 13.0 Å². The molecule has 0 aliphatic carbocycles. The zero-order valence-electron chi connectivity index (χ0n) is 4.89. The minimum atomic E-state index is 0.461. The summed E-state index contributed by atoms with van der Waals surface area (Å²) in [5, 5.41) is 0. The molecule has 0 aromatic heterocycles. The Kier molecular flexibility index (Phi) is 3.43. The van der Waals surface area contributed by atoms with Gasteiger partial charge in [0.15, 0.2) is 0 Å². The fourth-order valence-corrected chi connectivity index (χ4v) is 0.248. The first kappa shape index (κ1) is 6.84. The molecular weight excluding hydrogens is 98.1 g/mol. The normalized spacial score (nSPS) is 11.8. The lowest BCUT2D eigenvalue weighted by Gasteiger charge is -1.79. The van der Waals surface area contributed by atoms with Crippen LogP contribution in [0.5, 0.6) is 0 Å². The van der Waals surface area contributed by atoms with E-state index in [0.717, 1.165) is 0 Å². The van der Waals surface area contributed by atoms with Crippen LogP contribution in [0.15, 0.2) is 23.9 Å². The third-order valence-electron chi connectivity index (χ3n) is 0.635. The topological polar surface area (TPSA) is 26.0 Å². The molecule has 0 fully saturated rings. The molecule has 0 saturated carbocycles. The number of rotatable bonds is 1. The molecule has 0 heterocycles. The highest BCUT2D eigenvalue weighted by Gasteiger charge is 1.70. The SMILES string of the molecule is C#C/C(N)=C/C=C\C.